The Bertz CT molecular complexity index is 539. The van der Waals surface area contributed by atoms with E-state index in [1.807, 2.05) is 6.07 Å². The van der Waals surface area contributed by atoms with E-state index >= 15 is 0 Å². The van der Waals surface area contributed by atoms with Crippen LogP contribution in [0, 0.1) is 0 Å². The van der Waals surface area contributed by atoms with Crippen molar-refractivity contribution >= 4 is 16.8 Å². The number of methoxy groups -OCH3 is 2. The number of fused-ring (bicyclic) bond motifs is 1. The van der Waals surface area contributed by atoms with Gasteiger partial charge >= 0.3 is 0 Å². The lowest BCUT2D eigenvalue weighted by Gasteiger charge is -2.06. The lowest BCUT2D eigenvalue weighted by molar-refractivity contribution is 0.0989. The van der Waals surface area contributed by atoms with E-state index in [0.717, 1.165) is 5.39 Å². The molecule has 2 rings (SSSR count). The molecule has 0 saturated carbocycles. The van der Waals surface area contributed by atoms with Crippen molar-refractivity contribution in [2.45, 2.75) is 6.92 Å². The number of benzene rings is 1. The summed E-state index contributed by atoms with van der Waals surface area (Å²) >= 11 is 0. The van der Waals surface area contributed by atoms with Gasteiger partial charge in [-0.05, 0) is 18.2 Å². The van der Waals surface area contributed by atoms with E-state index in [9.17, 15) is 4.79 Å². The molecule has 84 valence electrons. The molecule has 0 amide bonds. The zero-order valence-electron chi connectivity index (χ0n) is 9.37. The van der Waals surface area contributed by atoms with Gasteiger partial charge in [-0.15, -0.1) is 0 Å². The SMILES string of the molecule is COc1ccc2cc(C(C)=O)oc2c1OC. The molecule has 16 heavy (non-hydrogen) atoms. The monoisotopic (exact) mass is 220 g/mol. The molecule has 0 N–H and O–H groups in total. The van der Waals surface area contributed by atoms with Crippen molar-refractivity contribution in [3.8, 4) is 11.5 Å². The third kappa shape index (κ3) is 1.52. The van der Waals surface area contributed by atoms with Gasteiger partial charge in [0.25, 0.3) is 0 Å². The summed E-state index contributed by atoms with van der Waals surface area (Å²) in [7, 11) is 3.09. The van der Waals surface area contributed by atoms with Gasteiger partial charge in [-0.2, -0.15) is 0 Å². The molecular weight excluding hydrogens is 208 g/mol. The van der Waals surface area contributed by atoms with E-state index in [4.69, 9.17) is 13.9 Å². The minimum atomic E-state index is -0.114. The second-order valence-electron chi connectivity index (χ2n) is 3.39. The van der Waals surface area contributed by atoms with Crippen LogP contribution in [-0.2, 0) is 0 Å². The van der Waals surface area contributed by atoms with Crippen LogP contribution in [0.2, 0.25) is 0 Å². The third-order valence-electron chi connectivity index (χ3n) is 2.38. The molecule has 0 unspecified atom stereocenters. The Morgan fingerprint density at radius 2 is 2.00 bits per heavy atom. The predicted molar refractivity (Wildman–Crippen MR) is 59.3 cm³/mol. The van der Waals surface area contributed by atoms with Crippen LogP contribution < -0.4 is 9.47 Å². The Labute approximate surface area is 92.8 Å². The number of furan rings is 1. The molecular formula is C12H12O4. The summed E-state index contributed by atoms with van der Waals surface area (Å²) < 4.78 is 15.8. The summed E-state index contributed by atoms with van der Waals surface area (Å²) in [4.78, 5) is 11.2. The zero-order valence-corrected chi connectivity index (χ0v) is 9.37. The van der Waals surface area contributed by atoms with Gasteiger partial charge < -0.3 is 13.9 Å². The summed E-state index contributed by atoms with van der Waals surface area (Å²) in [6, 6.07) is 5.30. The number of hydrogen-bond acceptors (Lipinski definition) is 4. The largest absolute Gasteiger partial charge is 0.493 e. The standard InChI is InChI=1S/C12H12O4/c1-7(13)10-6-8-4-5-9(14-2)12(15-3)11(8)16-10/h4-6H,1-3H3. The van der Waals surface area contributed by atoms with E-state index in [0.29, 0.717) is 22.8 Å². The molecule has 0 saturated heterocycles. The van der Waals surface area contributed by atoms with Crippen molar-refractivity contribution in [3.05, 3.63) is 24.0 Å². The summed E-state index contributed by atoms with van der Waals surface area (Å²) in [6.07, 6.45) is 0. The molecule has 0 aliphatic carbocycles. The summed E-state index contributed by atoms with van der Waals surface area (Å²) in [5.74, 6) is 1.30. The molecule has 4 heteroatoms. The molecule has 1 heterocycles. The number of carbonyl (C=O) groups is 1. The minimum absolute atomic E-state index is 0.114. The number of ketones is 1. The topological polar surface area (TPSA) is 48.7 Å². The molecule has 4 nitrogen and oxygen atoms in total. The fourth-order valence-electron chi connectivity index (χ4n) is 1.59. The third-order valence-corrected chi connectivity index (χ3v) is 2.38. The highest BCUT2D eigenvalue weighted by Crippen LogP contribution is 2.36. The maximum absolute atomic E-state index is 11.2. The average molecular weight is 220 g/mol. The second kappa shape index (κ2) is 3.89. The van der Waals surface area contributed by atoms with Gasteiger partial charge in [0.2, 0.25) is 5.75 Å². The highest BCUT2D eigenvalue weighted by molar-refractivity contribution is 5.97. The highest BCUT2D eigenvalue weighted by atomic mass is 16.5. The predicted octanol–water partition coefficient (Wildman–Crippen LogP) is 2.65. The summed E-state index contributed by atoms with van der Waals surface area (Å²) in [5.41, 5.74) is 0.534. The molecule has 2 aromatic rings. The lowest BCUT2D eigenvalue weighted by Crippen LogP contribution is -1.90. The van der Waals surface area contributed by atoms with Gasteiger partial charge in [0.1, 0.15) is 0 Å². The van der Waals surface area contributed by atoms with Crippen LogP contribution in [-0.4, -0.2) is 20.0 Å². The fraction of sp³-hybridized carbons (Fsp3) is 0.250. The van der Waals surface area contributed by atoms with Gasteiger partial charge in [-0.25, -0.2) is 0 Å². The first-order chi connectivity index (χ1) is 7.67. The van der Waals surface area contributed by atoms with Crippen LogP contribution >= 0.6 is 0 Å². The number of ether oxygens (including phenoxy) is 2. The van der Waals surface area contributed by atoms with Crippen LogP contribution in [0.1, 0.15) is 17.5 Å². The van der Waals surface area contributed by atoms with E-state index < -0.39 is 0 Å². The van der Waals surface area contributed by atoms with Crippen LogP contribution in [0.4, 0.5) is 0 Å². The molecule has 0 bridgehead atoms. The molecule has 0 fully saturated rings. The van der Waals surface area contributed by atoms with E-state index in [-0.39, 0.29) is 5.78 Å². The maximum Gasteiger partial charge on any atom is 0.204 e. The van der Waals surface area contributed by atoms with Crippen molar-refractivity contribution in [1.29, 1.82) is 0 Å². The lowest BCUT2D eigenvalue weighted by atomic mass is 10.2. The number of rotatable bonds is 3. The molecule has 0 spiro atoms. The van der Waals surface area contributed by atoms with Crippen LogP contribution in [0.3, 0.4) is 0 Å². The van der Waals surface area contributed by atoms with E-state index in [1.54, 1.807) is 19.2 Å². The molecule has 0 radical (unpaired) electrons. The Balaban J connectivity index is 2.71. The first kappa shape index (κ1) is 10.5. The number of hydrogen-bond donors (Lipinski definition) is 0. The Kier molecular flexibility index (Phi) is 2.56. The molecule has 1 aromatic carbocycles. The van der Waals surface area contributed by atoms with Gasteiger partial charge in [-0.1, -0.05) is 0 Å². The van der Waals surface area contributed by atoms with Gasteiger partial charge in [0.15, 0.2) is 22.9 Å². The van der Waals surface area contributed by atoms with Gasteiger partial charge in [-0.3, -0.25) is 4.79 Å². The maximum atomic E-state index is 11.2. The van der Waals surface area contributed by atoms with Crippen molar-refractivity contribution in [3.63, 3.8) is 0 Å². The zero-order chi connectivity index (χ0) is 11.7. The van der Waals surface area contributed by atoms with Crippen LogP contribution in [0.5, 0.6) is 11.5 Å². The van der Waals surface area contributed by atoms with Crippen molar-refractivity contribution in [2.24, 2.45) is 0 Å². The summed E-state index contributed by atoms with van der Waals surface area (Å²) in [6.45, 7) is 1.46. The Morgan fingerprint density at radius 3 is 2.56 bits per heavy atom. The van der Waals surface area contributed by atoms with Crippen molar-refractivity contribution in [1.82, 2.24) is 0 Å². The highest BCUT2D eigenvalue weighted by Gasteiger charge is 2.15. The van der Waals surface area contributed by atoms with Crippen LogP contribution in [0.25, 0.3) is 11.0 Å². The van der Waals surface area contributed by atoms with Crippen molar-refractivity contribution in [2.75, 3.05) is 14.2 Å². The average Bonchev–Trinajstić information content (AvgIpc) is 2.71. The van der Waals surface area contributed by atoms with Gasteiger partial charge in [0, 0.05) is 12.3 Å². The smallest absolute Gasteiger partial charge is 0.204 e. The normalized spacial score (nSPS) is 10.4. The minimum Gasteiger partial charge on any atom is -0.493 e. The van der Waals surface area contributed by atoms with E-state index in [2.05, 4.69) is 0 Å². The first-order valence-corrected chi connectivity index (χ1v) is 4.83. The van der Waals surface area contributed by atoms with E-state index in [1.165, 1.54) is 14.0 Å². The molecule has 0 aliphatic rings. The summed E-state index contributed by atoms with van der Waals surface area (Å²) in [5, 5.41) is 0.822. The molecule has 1 aromatic heterocycles. The quantitative estimate of drug-likeness (QED) is 0.746. The first-order valence-electron chi connectivity index (χ1n) is 4.83. The Morgan fingerprint density at radius 1 is 1.25 bits per heavy atom. The fourth-order valence-corrected chi connectivity index (χ4v) is 1.59. The van der Waals surface area contributed by atoms with Crippen molar-refractivity contribution < 1.29 is 18.7 Å². The number of Topliss-reactive ketones (excluding diaryl/α,β-unsaturated/α-hetero) is 1. The molecule has 0 aliphatic heterocycles. The molecule has 0 atom stereocenters. The Hall–Kier alpha value is -1.97. The van der Waals surface area contributed by atoms with Crippen LogP contribution in [0.15, 0.2) is 22.6 Å². The number of carbonyl (C=O) groups excluding carboxylic acids is 1. The van der Waals surface area contributed by atoms with Gasteiger partial charge in [0.05, 0.1) is 14.2 Å². The second-order valence-corrected chi connectivity index (χ2v) is 3.39.